The average Bonchev–Trinajstić information content (AvgIpc) is 3.32. The normalized spacial score (nSPS) is 19.6. The van der Waals surface area contributed by atoms with E-state index in [0.29, 0.717) is 19.3 Å². The SMILES string of the molecule is Cc1nc([C@H](C)NC(=O)CC[C@]2(Cc3ccc4ccccc4c3)CCC(=O)N2)cs1. The van der Waals surface area contributed by atoms with E-state index in [4.69, 9.17) is 0 Å². The highest BCUT2D eigenvalue weighted by molar-refractivity contribution is 7.09. The van der Waals surface area contributed by atoms with Crippen molar-refractivity contribution in [2.45, 2.75) is 57.5 Å². The molecule has 2 heterocycles. The molecule has 0 bridgehead atoms. The molecule has 0 spiro atoms. The Kier molecular flexibility index (Phi) is 5.86. The van der Waals surface area contributed by atoms with E-state index in [0.717, 1.165) is 23.5 Å². The largest absolute Gasteiger partial charge is 0.350 e. The minimum absolute atomic E-state index is 0.00723. The molecule has 6 heteroatoms. The van der Waals surface area contributed by atoms with Crippen LogP contribution in [0.4, 0.5) is 0 Å². The smallest absolute Gasteiger partial charge is 0.220 e. The third-order valence-corrected chi connectivity index (χ3v) is 6.67. The molecule has 0 unspecified atom stereocenters. The minimum Gasteiger partial charge on any atom is -0.350 e. The predicted octanol–water partition coefficient (Wildman–Crippen LogP) is 4.45. The second-order valence-corrected chi connectivity index (χ2v) is 9.33. The van der Waals surface area contributed by atoms with Gasteiger partial charge < -0.3 is 10.6 Å². The van der Waals surface area contributed by atoms with E-state index in [2.05, 4.69) is 45.9 Å². The number of carbonyl (C=O) groups is 2. The van der Waals surface area contributed by atoms with Crippen LogP contribution in [0.5, 0.6) is 0 Å². The number of fused-ring (bicyclic) bond motifs is 1. The molecule has 1 aliphatic heterocycles. The Labute approximate surface area is 180 Å². The number of aryl methyl sites for hydroxylation is 1. The van der Waals surface area contributed by atoms with E-state index in [1.54, 1.807) is 11.3 Å². The summed E-state index contributed by atoms with van der Waals surface area (Å²) in [5.74, 6) is 0.0645. The van der Waals surface area contributed by atoms with Crippen molar-refractivity contribution in [3.63, 3.8) is 0 Å². The quantitative estimate of drug-likeness (QED) is 0.592. The Bertz CT molecular complexity index is 1080. The van der Waals surface area contributed by atoms with Crippen molar-refractivity contribution in [2.24, 2.45) is 0 Å². The van der Waals surface area contributed by atoms with Crippen molar-refractivity contribution in [3.05, 3.63) is 64.1 Å². The third-order valence-electron chi connectivity index (χ3n) is 5.88. The molecule has 0 radical (unpaired) electrons. The van der Waals surface area contributed by atoms with E-state index >= 15 is 0 Å². The monoisotopic (exact) mass is 421 g/mol. The number of nitrogens with zero attached hydrogens (tertiary/aromatic N) is 1. The van der Waals surface area contributed by atoms with Gasteiger partial charge in [0, 0.05) is 23.8 Å². The molecule has 2 atom stereocenters. The van der Waals surface area contributed by atoms with E-state index in [-0.39, 0.29) is 23.4 Å². The van der Waals surface area contributed by atoms with Gasteiger partial charge in [-0.1, -0.05) is 42.5 Å². The van der Waals surface area contributed by atoms with E-state index < -0.39 is 0 Å². The molecule has 5 nitrogen and oxygen atoms in total. The fraction of sp³-hybridized carbons (Fsp3) is 0.375. The summed E-state index contributed by atoms with van der Waals surface area (Å²) in [7, 11) is 0. The predicted molar refractivity (Wildman–Crippen MR) is 120 cm³/mol. The zero-order valence-electron chi connectivity index (χ0n) is 17.4. The molecule has 0 aliphatic carbocycles. The number of aromatic nitrogens is 1. The number of carbonyl (C=O) groups excluding carboxylic acids is 2. The van der Waals surface area contributed by atoms with Crippen LogP contribution in [-0.2, 0) is 16.0 Å². The summed E-state index contributed by atoms with van der Waals surface area (Å²) in [5.41, 5.74) is 1.71. The van der Waals surface area contributed by atoms with Crippen LogP contribution in [0.15, 0.2) is 47.8 Å². The molecular weight excluding hydrogens is 394 g/mol. The number of nitrogens with one attached hydrogen (secondary N) is 2. The molecule has 1 saturated heterocycles. The molecule has 1 fully saturated rings. The maximum atomic E-state index is 12.6. The molecule has 4 rings (SSSR count). The van der Waals surface area contributed by atoms with Crippen molar-refractivity contribution in [1.82, 2.24) is 15.6 Å². The fourth-order valence-electron chi connectivity index (χ4n) is 4.24. The third kappa shape index (κ3) is 4.70. The standard InChI is InChI=1S/C24H27N3O2S/c1-16(21-15-30-17(2)26-21)25-22(28)9-11-24(12-10-23(29)27-24)14-18-7-8-19-5-3-4-6-20(19)13-18/h3-8,13,15-16H,9-12,14H2,1-2H3,(H,25,28)(H,27,29)/t16-,24+/m0/s1. The Balaban J connectivity index is 1.42. The number of hydrogen-bond acceptors (Lipinski definition) is 4. The van der Waals surface area contributed by atoms with Crippen LogP contribution in [0.2, 0.25) is 0 Å². The van der Waals surface area contributed by atoms with Crippen LogP contribution in [0.1, 0.15) is 54.9 Å². The summed E-state index contributed by atoms with van der Waals surface area (Å²) >= 11 is 1.59. The van der Waals surface area contributed by atoms with Gasteiger partial charge in [-0.2, -0.15) is 0 Å². The van der Waals surface area contributed by atoms with E-state index in [9.17, 15) is 9.59 Å². The van der Waals surface area contributed by atoms with Gasteiger partial charge in [0.15, 0.2) is 0 Å². The van der Waals surface area contributed by atoms with Crippen molar-refractivity contribution in [2.75, 3.05) is 0 Å². The zero-order chi connectivity index (χ0) is 21.1. The lowest BCUT2D eigenvalue weighted by atomic mass is 9.84. The lowest BCUT2D eigenvalue weighted by Crippen LogP contribution is -2.44. The van der Waals surface area contributed by atoms with Gasteiger partial charge in [-0.25, -0.2) is 4.98 Å². The number of benzene rings is 2. The Hall–Kier alpha value is -2.73. The second-order valence-electron chi connectivity index (χ2n) is 8.27. The second kappa shape index (κ2) is 8.56. The molecule has 2 N–H and O–H groups in total. The summed E-state index contributed by atoms with van der Waals surface area (Å²) in [6.07, 6.45) is 3.01. The van der Waals surface area contributed by atoms with E-state index in [1.807, 2.05) is 31.4 Å². The molecule has 1 aliphatic rings. The number of hydrogen-bond donors (Lipinski definition) is 2. The Morgan fingerprint density at radius 3 is 2.77 bits per heavy atom. The summed E-state index contributed by atoms with van der Waals surface area (Å²) in [5, 5.41) is 11.6. The van der Waals surface area contributed by atoms with Crippen LogP contribution in [0, 0.1) is 6.92 Å². The fourth-order valence-corrected chi connectivity index (χ4v) is 4.95. The summed E-state index contributed by atoms with van der Waals surface area (Å²) in [6, 6.07) is 14.6. The number of rotatable bonds is 7. The van der Waals surface area contributed by atoms with Gasteiger partial charge >= 0.3 is 0 Å². The maximum Gasteiger partial charge on any atom is 0.220 e. The van der Waals surface area contributed by atoms with Gasteiger partial charge in [-0.05, 0) is 49.4 Å². The highest BCUT2D eigenvalue weighted by atomic mass is 32.1. The number of thiazole rings is 1. The van der Waals surface area contributed by atoms with Crippen molar-refractivity contribution in [1.29, 1.82) is 0 Å². The minimum atomic E-state index is -0.364. The zero-order valence-corrected chi connectivity index (χ0v) is 18.2. The van der Waals surface area contributed by atoms with Crippen LogP contribution in [0.3, 0.4) is 0 Å². The summed E-state index contributed by atoms with van der Waals surface area (Å²) < 4.78 is 0. The lowest BCUT2D eigenvalue weighted by molar-refractivity contribution is -0.123. The van der Waals surface area contributed by atoms with Crippen LogP contribution >= 0.6 is 11.3 Å². The van der Waals surface area contributed by atoms with Gasteiger partial charge in [-0.15, -0.1) is 11.3 Å². The lowest BCUT2D eigenvalue weighted by Gasteiger charge is -2.29. The summed E-state index contributed by atoms with van der Waals surface area (Å²) in [4.78, 5) is 29.1. The van der Waals surface area contributed by atoms with Crippen LogP contribution < -0.4 is 10.6 Å². The first-order valence-electron chi connectivity index (χ1n) is 10.4. The van der Waals surface area contributed by atoms with Crippen LogP contribution in [0.25, 0.3) is 10.8 Å². The molecule has 2 aromatic carbocycles. The molecule has 2 amide bonds. The van der Waals surface area contributed by atoms with Gasteiger partial charge in [0.05, 0.1) is 16.7 Å². The van der Waals surface area contributed by atoms with Gasteiger partial charge in [0.1, 0.15) is 0 Å². The topological polar surface area (TPSA) is 71.1 Å². The van der Waals surface area contributed by atoms with Crippen molar-refractivity contribution in [3.8, 4) is 0 Å². The highest BCUT2D eigenvalue weighted by Crippen LogP contribution is 2.31. The average molecular weight is 422 g/mol. The van der Waals surface area contributed by atoms with Crippen molar-refractivity contribution >= 4 is 33.9 Å². The van der Waals surface area contributed by atoms with Gasteiger partial charge in [0.25, 0.3) is 0 Å². The first-order valence-corrected chi connectivity index (χ1v) is 11.3. The first-order chi connectivity index (χ1) is 14.4. The Morgan fingerprint density at radius 2 is 2.07 bits per heavy atom. The molecule has 156 valence electrons. The van der Waals surface area contributed by atoms with Gasteiger partial charge in [-0.3, -0.25) is 9.59 Å². The summed E-state index contributed by atoms with van der Waals surface area (Å²) in [6.45, 7) is 3.91. The first kappa shape index (κ1) is 20.5. The molecule has 0 saturated carbocycles. The molecule has 1 aromatic heterocycles. The maximum absolute atomic E-state index is 12.6. The van der Waals surface area contributed by atoms with Crippen molar-refractivity contribution < 1.29 is 9.59 Å². The highest BCUT2D eigenvalue weighted by Gasteiger charge is 2.38. The van der Waals surface area contributed by atoms with Crippen LogP contribution in [-0.4, -0.2) is 22.3 Å². The Morgan fingerprint density at radius 1 is 1.27 bits per heavy atom. The van der Waals surface area contributed by atoms with Gasteiger partial charge in [0.2, 0.25) is 11.8 Å². The molecule has 3 aromatic rings. The molecular formula is C24H27N3O2S. The van der Waals surface area contributed by atoms with E-state index in [1.165, 1.54) is 16.3 Å². The number of amides is 2. The molecule has 30 heavy (non-hydrogen) atoms.